The van der Waals surface area contributed by atoms with Gasteiger partial charge in [-0.1, -0.05) is 29.4 Å². The summed E-state index contributed by atoms with van der Waals surface area (Å²) in [5.74, 6) is 0.867. The summed E-state index contributed by atoms with van der Waals surface area (Å²) < 4.78 is 18.9. The van der Waals surface area contributed by atoms with Crippen LogP contribution in [0.25, 0.3) is 11.4 Å². The molecule has 1 aliphatic heterocycles. The first-order valence-corrected chi connectivity index (χ1v) is 8.53. The molecule has 0 N–H and O–H groups in total. The molecule has 2 aromatic carbocycles. The van der Waals surface area contributed by atoms with Crippen molar-refractivity contribution < 1.29 is 8.91 Å². The molecule has 4 rings (SSSR count). The van der Waals surface area contributed by atoms with Gasteiger partial charge in [-0.2, -0.15) is 4.98 Å². The highest BCUT2D eigenvalue weighted by molar-refractivity contribution is 5.55. The van der Waals surface area contributed by atoms with Crippen molar-refractivity contribution in [3.63, 3.8) is 0 Å². The Morgan fingerprint density at radius 3 is 2.76 bits per heavy atom. The highest BCUT2D eigenvalue weighted by atomic mass is 19.1. The Kier molecular flexibility index (Phi) is 4.09. The Morgan fingerprint density at radius 2 is 1.96 bits per heavy atom. The number of hydrogen-bond donors (Lipinski definition) is 0. The van der Waals surface area contributed by atoms with Crippen LogP contribution in [0, 0.1) is 12.7 Å². The average molecular weight is 337 g/mol. The van der Waals surface area contributed by atoms with E-state index in [1.165, 1.54) is 17.2 Å². The first-order valence-electron chi connectivity index (χ1n) is 8.53. The highest BCUT2D eigenvalue weighted by Gasteiger charge is 2.25. The molecule has 1 aliphatic rings. The van der Waals surface area contributed by atoms with Crippen molar-refractivity contribution in [1.29, 1.82) is 0 Å². The van der Waals surface area contributed by atoms with Crippen LogP contribution in [0.15, 0.2) is 47.0 Å². The largest absolute Gasteiger partial charge is 0.337 e. The van der Waals surface area contributed by atoms with E-state index in [0.717, 1.165) is 25.1 Å². The number of aryl methyl sites for hydroxylation is 1. The zero-order chi connectivity index (χ0) is 17.4. The van der Waals surface area contributed by atoms with Gasteiger partial charge in [0.25, 0.3) is 0 Å². The second-order valence-electron chi connectivity index (χ2n) is 6.59. The molecular formula is C20H20FN3O. The molecule has 3 aromatic rings. The van der Waals surface area contributed by atoms with Gasteiger partial charge in [-0.05, 0) is 55.2 Å². The average Bonchev–Trinajstić information content (AvgIpc) is 3.13. The normalized spacial score (nSPS) is 15.8. The van der Waals surface area contributed by atoms with E-state index in [4.69, 9.17) is 4.52 Å². The van der Waals surface area contributed by atoms with Gasteiger partial charge in [0, 0.05) is 18.7 Å². The van der Waals surface area contributed by atoms with Crippen LogP contribution in [-0.4, -0.2) is 21.6 Å². The fourth-order valence-corrected chi connectivity index (χ4v) is 3.31. The van der Waals surface area contributed by atoms with Gasteiger partial charge < -0.3 is 4.52 Å². The third-order valence-corrected chi connectivity index (χ3v) is 4.92. The number of rotatable bonds is 3. The number of hydrogen-bond acceptors (Lipinski definition) is 4. The van der Waals surface area contributed by atoms with Crippen LogP contribution < -0.4 is 0 Å². The molecule has 128 valence electrons. The summed E-state index contributed by atoms with van der Waals surface area (Å²) in [7, 11) is 0. The van der Waals surface area contributed by atoms with Crippen molar-refractivity contribution in [3.8, 4) is 11.4 Å². The highest BCUT2D eigenvalue weighted by Crippen LogP contribution is 2.28. The Morgan fingerprint density at radius 1 is 1.16 bits per heavy atom. The molecule has 0 aliphatic carbocycles. The number of benzene rings is 2. The van der Waals surface area contributed by atoms with Crippen LogP contribution in [0.4, 0.5) is 4.39 Å². The minimum atomic E-state index is -0.229. The molecule has 0 amide bonds. The van der Waals surface area contributed by atoms with Crippen LogP contribution in [-0.2, 0) is 13.0 Å². The van der Waals surface area contributed by atoms with Gasteiger partial charge in [-0.3, -0.25) is 4.90 Å². The van der Waals surface area contributed by atoms with Crippen LogP contribution in [0.2, 0.25) is 0 Å². The standard InChI is InChI=1S/C20H20FN3O/c1-13-11-16(7-8-18(13)21)19-22-20(25-23-19)14(2)24-10-9-15-5-3-4-6-17(15)12-24/h3-8,11,14H,9-10,12H2,1-2H3. The SMILES string of the molecule is Cc1cc(-c2noc(C(C)N3CCc4ccccc4C3)n2)ccc1F. The third kappa shape index (κ3) is 3.07. The third-order valence-electron chi connectivity index (χ3n) is 4.92. The monoisotopic (exact) mass is 337 g/mol. The fraction of sp³-hybridized carbons (Fsp3) is 0.300. The summed E-state index contributed by atoms with van der Waals surface area (Å²) in [6.07, 6.45) is 1.03. The van der Waals surface area contributed by atoms with Gasteiger partial charge in [0.1, 0.15) is 5.82 Å². The van der Waals surface area contributed by atoms with E-state index in [2.05, 4.69) is 46.2 Å². The van der Waals surface area contributed by atoms with E-state index in [0.29, 0.717) is 17.3 Å². The maximum absolute atomic E-state index is 13.4. The fourth-order valence-electron chi connectivity index (χ4n) is 3.31. The van der Waals surface area contributed by atoms with Gasteiger partial charge in [-0.25, -0.2) is 4.39 Å². The Labute approximate surface area is 146 Å². The van der Waals surface area contributed by atoms with Crippen molar-refractivity contribution >= 4 is 0 Å². The molecule has 25 heavy (non-hydrogen) atoms. The molecule has 5 heteroatoms. The van der Waals surface area contributed by atoms with E-state index >= 15 is 0 Å². The number of aromatic nitrogens is 2. The van der Waals surface area contributed by atoms with E-state index in [1.54, 1.807) is 19.1 Å². The molecule has 1 unspecified atom stereocenters. The molecule has 1 atom stereocenters. The Bertz CT molecular complexity index is 905. The van der Waals surface area contributed by atoms with Crippen LogP contribution >= 0.6 is 0 Å². The molecular weight excluding hydrogens is 317 g/mol. The molecule has 0 radical (unpaired) electrons. The molecule has 0 bridgehead atoms. The van der Waals surface area contributed by atoms with Gasteiger partial charge in [0.2, 0.25) is 11.7 Å². The molecule has 1 aromatic heterocycles. The first-order chi connectivity index (χ1) is 12.1. The predicted molar refractivity (Wildman–Crippen MR) is 93.4 cm³/mol. The van der Waals surface area contributed by atoms with Crippen LogP contribution in [0.5, 0.6) is 0 Å². The molecule has 2 heterocycles. The maximum Gasteiger partial charge on any atom is 0.244 e. The van der Waals surface area contributed by atoms with Gasteiger partial charge in [0.05, 0.1) is 6.04 Å². The number of nitrogens with zero attached hydrogens (tertiary/aromatic N) is 3. The second-order valence-corrected chi connectivity index (χ2v) is 6.59. The van der Waals surface area contributed by atoms with Crippen molar-refractivity contribution in [2.24, 2.45) is 0 Å². The topological polar surface area (TPSA) is 42.2 Å². The number of fused-ring (bicyclic) bond motifs is 1. The lowest BCUT2D eigenvalue weighted by Gasteiger charge is -2.31. The summed E-state index contributed by atoms with van der Waals surface area (Å²) >= 11 is 0. The van der Waals surface area contributed by atoms with Crippen molar-refractivity contribution in [2.45, 2.75) is 32.9 Å². The lowest BCUT2D eigenvalue weighted by molar-refractivity contribution is 0.158. The van der Waals surface area contributed by atoms with Crippen molar-refractivity contribution in [3.05, 3.63) is 70.9 Å². The van der Waals surface area contributed by atoms with Crippen molar-refractivity contribution in [1.82, 2.24) is 15.0 Å². The quantitative estimate of drug-likeness (QED) is 0.714. The van der Waals surface area contributed by atoms with Crippen LogP contribution in [0.1, 0.15) is 35.5 Å². The van der Waals surface area contributed by atoms with Gasteiger partial charge in [-0.15, -0.1) is 0 Å². The van der Waals surface area contributed by atoms with Crippen LogP contribution in [0.3, 0.4) is 0 Å². The van der Waals surface area contributed by atoms with E-state index < -0.39 is 0 Å². The summed E-state index contributed by atoms with van der Waals surface area (Å²) in [5.41, 5.74) is 4.11. The lowest BCUT2D eigenvalue weighted by Crippen LogP contribution is -2.33. The summed E-state index contributed by atoms with van der Waals surface area (Å²) in [6.45, 7) is 5.66. The Hall–Kier alpha value is -2.53. The molecule has 0 fully saturated rings. The molecule has 0 spiro atoms. The molecule has 0 saturated carbocycles. The summed E-state index contributed by atoms with van der Waals surface area (Å²) in [4.78, 5) is 6.88. The minimum absolute atomic E-state index is 0.0381. The summed E-state index contributed by atoms with van der Waals surface area (Å²) in [6, 6.07) is 13.4. The van der Waals surface area contributed by atoms with Gasteiger partial charge >= 0.3 is 0 Å². The van der Waals surface area contributed by atoms with E-state index in [1.807, 2.05) is 0 Å². The van der Waals surface area contributed by atoms with E-state index in [-0.39, 0.29) is 11.9 Å². The zero-order valence-corrected chi connectivity index (χ0v) is 14.4. The smallest absolute Gasteiger partial charge is 0.244 e. The zero-order valence-electron chi connectivity index (χ0n) is 14.4. The Balaban J connectivity index is 1.55. The van der Waals surface area contributed by atoms with Crippen molar-refractivity contribution in [2.75, 3.05) is 6.54 Å². The molecule has 0 saturated heterocycles. The first kappa shape index (κ1) is 16.0. The predicted octanol–water partition coefficient (Wildman–Crippen LogP) is 4.30. The van der Waals surface area contributed by atoms with E-state index in [9.17, 15) is 4.39 Å². The number of halogens is 1. The second kappa shape index (κ2) is 6.41. The molecule has 4 nitrogen and oxygen atoms in total. The lowest BCUT2D eigenvalue weighted by atomic mass is 9.99. The summed E-state index contributed by atoms with van der Waals surface area (Å²) in [5, 5.41) is 4.08. The minimum Gasteiger partial charge on any atom is -0.337 e. The maximum atomic E-state index is 13.4. The van der Waals surface area contributed by atoms with Gasteiger partial charge in [0.15, 0.2) is 0 Å².